The number of ether oxygens (including phenoxy) is 1. The lowest BCUT2D eigenvalue weighted by atomic mass is 10.2. The number of hydrogen-bond acceptors (Lipinski definition) is 5. The van der Waals surface area contributed by atoms with Crippen molar-refractivity contribution >= 4 is 23.1 Å². The Labute approximate surface area is 138 Å². The number of pyridine rings is 1. The van der Waals surface area contributed by atoms with Gasteiger partial charge in [0.05, 0.1) is 7.11 Å². The van der Waals surface area contributed by atoms with Gasteiger partial charge < -0.3 is 9.84 Å². The van der Waals surface area contributed by atoms with Gasteiger partial charge in [-0.2, -0.15) is 0 Å². The Morgan fingerprint density at radius 2 is 2.00 bits per heavy atom. The highest BCUT2D eigenvalue weighted by Crippen LogP contribution is 2.31. The second-order valence-electron chi connectivity index (χ2n) is 5.33. The van der Waals surface area contributed by atoms with Crippen molar-refractivity contribution < 1.29 is 14.6 Å². The van der Waals surface area contributed by atoms with Gasteiger partial charge in [0.25, 0.3) is 0 Å². The molecule has 0 atom stereocenters. The number of aryl methyl sites for hydroxylation is 2. The third kappa shape index (κ3) is 2.71. The number of carboxylic acid groups (broad SMARTS) is 1. The van der Waals surface area contributed by atoms with E-state index in [4.69, 9.17) is 4.74 Å². The molecule has 0 fully saturated rings. The topological polar surface area (TPSA) is 88.5 Å². The predicted molar refractivity (Wildman–Crippen MR) is 88.8 cm³/mol. The van der Waals surface area contributed by atoms with Crippen LogP contribution in [0.5, 0.6) is 5.75 Å². The molecule has 7 heteroatoms. The molecule has 1 N–H and O–H groups in total. The molecule has 122 valence electrons. The van der Waals surface area contributed by atoms with Crippen LogP contribution in [0.2, 0.25) is 0 Å². The molecule has 3 aromatic rings. The van der Waals surface area contributed by atoms with Crippen LogP contribution in [0.15, 0.2) is 46.6 Å². The van der Waals surface area contributed by atoms with Crippen LogP contribution in [0.1, 0.15) is 21.7 Å². The van der Waals surface area contributed by atoms with Crippen LogP contribution in [-0.2, 0) is 0 Å². The summed E-state index contributed by atoms with van der Waals surface area (Å²) >= 11 is 0. The number of aromatic nitrogens is 2. The van der Waals surface area contributed by atoms with Crippen LogP contribution in [0.4, 0.5) is 11.5 Å². The number of fused-ring (bicyclic) bond motifs is 1. The van der Waals surface area contributed by atoms with Crippen LogP contribution in [0.3, 0.4) is 0 Å². The summed E-state index contributed by atoms with van der Waals surface area (Å²) in [5.74, 6) is -0.408. The molecule has 1 aromatic carbocycles. The second-order valence-corrected chi connectivity index (χ2v) is 5.33. The highest BCUT2D eigenvalue weighted by molar-refractivity contribution is 5.91. The summed E-state index contributed by atoms with van der Waals surface area (Å²) in [6, 6.07) is 10.9. The van der Waals surface area contributed by atoms with Gasteiger partial charge in [-0.1, -0.05) is 12.1 Å². The third-order valence-corrected chi connectivity index (χ3v) is 3.60. The molecule has 0 aliphatic rings. The van der Waals surface area contributed by atoms with E-state index in [-0.39, 0.29) is 11.5 Å². The van der Waals surface area contributed by atoms with Crippen molar-refractivity contribution in [3.8, 4) is 5.75 Å². The Hall–Kier alpha value is -3.22. The summed E-state index contributed by atoms with van der Waals surface area (Å²) in [4.78, 5) is 15.6. The van der Waals surface area contributed by atoms with Gasteiger partial charge >= 0.3 is 5.97 Å². The average Bonchev–Trinajstić information content (AvgIpc) is 2.93. The molecule has 0 saturated heterocycles. The molecular formula is C17H16N4O3. The Morgan fingerprint density at radius 3 is 2.71 bits per heavy atom. The Morgan fingerprint density at radius 1 is 1.21 bits per heavy atom. The summed E-state index contributed by atoms with van der Waals surface area (Å²) in [5.41, 5.74) is 2.71. The molecule has 0 spiro atoms. The lowest BCUT2D eigenvalue weighted by Gasteiger charge is -2.04. The van der Waals surface area contributed by atoms with Gasteiger partial charge in [-0.05, 0) is 43.7 Å². The maximum absolute atomic E-state index is 11.5. The van der Waals surface area contributed by atoms with Gasteiger partial charge in [0, 0.05) is 5.69 Å². The van der Waals surface area contributed by atoms with E-state index in [0.717, 1.165) is 11.3 Å². The maximum atomic E-state index is 11.5. The fraction of sp³-hybridized carbons (Fsp3) is 0.176. The van der Waals surface area contributed by atoms with Crippen molar-refractivity contribution in [2.75, 3.05) is 7.11 Å². The van der Waals surface area contributed by atoms with E-state index >= 15 is 0 Å². The smallest absolute Gasteiger partial charge is 0.358 e. The van der Waals surface area contributed by atoms with Gasteiger partial charge in [-0.3, -0.25) is 4.40 Å². The van der Waals surface area contributed by atoms with E-state index < -0.39 is 5.97 Å². The molecule has 24 heavy (non-hydrogen) atoms. The van der Waals surface area contributed by atoms with Crippen LogP contribution in [0, 0.1) is 13.8 Å². The minimum Gasteiger partial charge on any atom is -0.494 e. The number of rotatable bonds is 4. The number of nitrogens with zero attached hydrogens (tertiary/aromatic N) is 4. The highest BCUT2D eigenvalue weighted by atomic mass is 16.5. The number of carboxylic acids is 1. The van der Waals surface area contributed by atoms with E-state index in [1.165, 1.54) is 0 Å². The number of methoxy groups -OCH3 is 1. The first-order valence-electron chi connectivity index (χ1n) is 7.29. The number of carbonyl (C=O) groups is 1. The molecule has 0 saturated carbocycles. The Balaban J connectivity index is 2.18. The fourth-order valence-corrected chi connectivity index (χ4v) is 2.45. The van der Waals surface area contributed by atoms with E-state index in [0.29, 0.717) is 17.1 Å². The monoisotopic (exact) mass is 324 g/mol. The minimum absolute atomic E-state index is 0.139. The molecule has 0 unspecified atom stereocenters. The Kier molecular flexibility index (Phi) is 3.99. The van der Waals surface area contributed by atoms with Crippen LogP contribution in [-0.4, -0.2) is 27.6 Å². The quantitative estimate of drug-likeness (QED) is 0.732. The van der Waals surface area contributed by atoms with E-state index in [1.54, 1.807) is 23.6 Å². The number of azo groups is 1. The molecule has 7 nitrogen and oxygen atoms in total. The molecule has 0 aliphatic carbocycles. The van der Waals surface area contributed by atoms with Crippen LogP contribution < -0.4 is 4.74 Å². The first-order chi connectivity index (χ1) is 11.5. The number of hydrogen-bond donors (Lipinski definition) is 1. The van der Waals surface area contributed by atoms with Crippen molar-refractivity contribution in [1.29, 1.82) is 0 Å². The standard InChI is InChI=1S/C17H16N4O3/c1-10-7-8-13(24-3)12(9-10)19-20-16-15(17(22)23)18-14-6-4-5-11(2)21(14)16/h4-9H,1-3H3,(H,22,23). The van der Waals surface area contributed by atoms with E-state index in [2.05, 4.69) is 15.2 Å². The zero-order valence-electron chi connectivity index (χ0n) is 13.5. The Bertz CT molecular complexity index is 960. The molecule has 2 heterocycles. The molecule has 2 aromatic heterocycles. The van der Waals surface area contributed by atoms with Gasteiger partial charge in [-0.25, -0.2) is 9.78 Å². The van der Waals surface area contributed by atoms with Gasteiger partial charge in [0.15, 0.2) is 11.5 Å². The number of aromatic carboxylic acids is 1. The van der Waals surface area contributed by atoms with Crippen LogP contribution in [0.25, 0.3) is 5.65 Å². The van der Waals surface area contributed by atoms with Crippen molar-refractivity contribution in [3.63, 3.8) is 0 Å². The van der Waals surface area contributed by atoms with Gasteiger partial charge in [0.1, 0.15) is 17.1 Å². The van der Waals surface area contributed by atoms with Crippen molar-refractivity contribution in [3.05, 3.63) is 53.3 Å². The molecule has 0 radical (unpaired) electrons. The zero-order chi connectivity index (χ0) is 17.3. The molecule has 0 aliphatic heterocycles. The first kappa shape index (κ1) is 15.7. The lowest BCUT2D eigenvalue weighted by Crippen LogP contribution is -1.97. The molecule has 0 amide bonds. The van der Waals surface area contributed by atoms with Gasteiger partial charge in [0.2, 0.25) is 0 Å². The number of imidazole rings is 1. The largest absolute Gasteiger partial charge is 0.494 e. The van der Waals surface area contributed by atoms with E-state index in [9.17, 15) is 9.90 Å². The van der Waals surface area contributed by atoms with E-state index in [1.807, 2.05) is 38.1 Å². The lowest BCUT2D eigenvalue weighted by molar-refractivity contribution is 0.0692. The van der Waals surface area contributed by atoms with Crippen molar-refractivity contribution in [2.24, 2.45) is 10.2 Å². The zero-order valence-corrected chi connectivity index (χ0v) is 13.5. The highest BCUT2D eigenvalue weighted by Gasteiger charge is 2.19. The van der Waals surface area contributed by atoms with Crippen molar-refractivity contribution in [1.82, 2.24) is 9.38 Å². The first-order valence-corrected chi connectivity index (χ1v) is 7.29. The third-order valence-electron chi connectivity index (χ3n) is 3.60. The fourth-order valence-electron chi connectivity index (χ4n) is 2.45. The summed E-state index contributed by atoms with van der Waals surface area (Å²) in [6.45, 7) is 3.78. The molecule has 0 bridgehead atoms. The number of benzene rings is 1. The summed E-state index contributed by atoms with van der Waals surface area (Å²) in [6.07, 6.45) is 0. The summed E-state index contributed by atoms with van der Waals surface area (Å²) < 4.78 is 6.93. The normalized spacial score (nSPS) is 11.3. The molecule has 3 rings (SSSR count). The minimum atomic E-state index is -1.15. The predicted octanol–water partition coefficient (Wildman–Crippen LogP) is 4.07. The average molecular weight is 324 g/mol. The molecular weight excluding hydrogens is 308 g/mol. The summed E-state index contributed by atoms with van der Waals surface area (Å²) in [7, 11) is 1.55. The van der Waals surface area contributed by atoms with Crippen LogP contribution >= 0.6 is 0 Å². The van der Waals surface area contributed by atoms with Crippen molar-refractivity contribution in [2.45, 2.75) is 13.8 Å². The van der Waals surface area contributed by atoms with Gasteiger partial charge in [-0.15, -0.1) is 10.2 Å². The second kappa shape index (κ2) is 6.11. The summed E-state index contributed by atoms with van der Waals surface area (Å²) in [5, 5.41) is 17.7. The maximum Gasteiger partial charge on any atom is 0.358 e. The SMILES string of the molecule is COc1ccc(C)cc1N=Nc1c(C(=O)O)nc2cccc(C)n12.